The van der Waals surface area contributed by atoms with Crippen molar-refractivity contribution in [1.29, 1.82) is 0 Å². The summed E-state index contributed by atoms with van der Waals surface area (Å²) in [6, 6.07) is 3.73. The molecule has 0 spiro atoms. The van der Waals surface area contributed by atoms with Gasteiger partial charge in [-0.25, -0.2) is 0 Å². The minimum Gasteiger partial charge on any atom is -0.396 e. The quantitative estimate of drug-likeness (QED) is 0.800. The standard InChI is InChI=1S/C17H22F3N3O3/c1-2-22(8-5-9-24)11-16(26)23-13-7-4-3-6-12(13)21-15(25)10-14(23)17(18,19)20/h3-4,6-7,14,24H,2,5,8-11H2,1H3,(H,21,25)/t14-/m0/s1. The van der Waals surface area contributed by atoms with Gasteiger partial charge in [0, 0.05) is 13.2 Å². The van der Waals surface area contributed by atoms with Gasteiger partial charge in [0.25, 0.3) is 0 Å². The summed E-state index contributed by atoms with van der Waals surface area (Å²) in [6.07, 6.45) is -5.18. The first-order valence-electron chi connectivity index (χ1n) is 8.38. The highest BCUT2D eigenvalue weighted by molar-refractivity contribution is 6.05. The van der Waals surface area contributed by atoms with E-state index in [1.54, 1.807) is 17.9 Å². The lowest BCUT2D eigenvalue weighted by Gasteiger charge is -2.33. The normalized spacial score (nSPS) is 17.7. The van der Waals surface area contributed by atoms with E-state index in [-0.39, 0.29) is 24.5 Å². The van der Waals surface area contributed by atoms with Crippen molar-refractivity contribution in [2.45, 2.75) is 32.0 Å². The highest BCUT2D eigenvalue weighted by Crippen LogP contribution is 2.37. The average Bonchev–Trinajstić information content (AvgIpc) is 2.73. The zero-order valence-corrected chi connectivity index (χ0v) is 14.4. The van der Waals surface area contributed by atoms with Crippen molar-refractivity contribution in [1.82, 2.24) is 4.90 Å². The molecule has 1 atom stereocenters. The summed E-state index contributed by atoms with van der Waals surface area (Å²) in [6.45, 7) is 2.33. The van der Waals surface area contributed by atoms with Crippen LogP contribution in [0.15, 0.2) is 24.3 Å². The number of benzene rings is 1. The lowest BCUT2D eigenvalue weighted by atomic mass is 10.1. The summed E-state index contributed by atoms with van der Waals surface area (Å²) in [4.78, 5) is 27.0. The molecule has 6 nitrogen and oxygen atoms in total. The first kappa shape index (κ1) is 20.2. The summed E-state index contributed by atoms with van der Waals surface area (Å²) in [7, 11) is 0. The third kappa shape index (κ3) is 4.73. The van der Waals surface area contributed by atoms with Gasteiger partial charge in [-0.1, -0.05) is 19.1 Å². The van der Waals surface area contributed by atoms with E-state index in [1.165, 1.54) is 18.2 Å². The van der Waals surface area contributed by atoms with E-state index in [9.17, 15) is 22.8 Å². The Balaban J connectivity index is 2.38. The molecule has 2 N–H and O–H groups in total. The number of nitrogens with zero attached hydrogens (tertiary/aromatic N) is 2. The van der Waals surface area contributed by atoms with Crippen LogP contribution in [0.5, 0.6) is 0 Å². The van der Waals surface area contributed by atoms with Crippen LogP contribution >= 0.6 is 0 Å². The first-order valence-corrected chi connectivity index (χ1v) is 8.38. The number of para-hydroxylation sites is 2. The topological polar surface area (TPSA) is 72.9 Å². The van der Waals surface area contributed by atoms with Crippen LogP contribution in [0.1, 0.15) is 19.8 Å². The van der Waals surface area contributed by atoms with Crippen LogP contribution in [0.3, 0.4) is 0 Å². The molecule has 26 heavy (non-hydrogen) atoms. The zero-order chi connectivity index (χ0) is 19.3. The van der Waals surface area contributed by atoms with Gasteiger partial charge in [-0.2, -0.15) is 13.2 Å². The van der Waals surface area contributed by atoms with Crippen molar-refractivity contribution in [2.24, 2.45) is 0 Å². The van der Waals surface area contributed by atoms with Gasteiger partial charge in [-0.05, 0) is 25.1 Å². The summed E-state index contributed by atoms with van der Waals surface area (Å²) in [5.41, 5.74) is 0.208. The molecule has 9 heteroatoms. The number of amides is 2. The fourth-order valence-electron chi connectivity index (χ4n) is 2.91. The lowest BCUT2D eigenvalue weighted by molar-refractivity contribution is -0.158. The molecule has 1 heterocycles. The SMILES string of the molecule is CCN(CCCO)CC(=O)N1c2ccccc2NC(=O)C[C@H]1C(F)(F)F. The Morgan fingerprint density at radius 3 is 2.69 bits per heavy atom. The highest BCUT2D eigenvalue weighted by atomic mass is 19.4. The number of hydrogen-bond donors (Lipinski definition) is 2. The van der Waals surface area contributed by atoms with E-state index in [0.29, 0.717) is 24.4 Å². The maximum Gasteiger partial charge on any atom is 0.409 e. The largest absolute Gasteiger partial charge is 0.409 e. The predicted octanol–water partition coefficient (Wildman–Crippen LogP) is 2.00. The summed E-state index contributed by atoms with van der Waals surface area (Å²) in [5, 5.41) is 11.4. The van der Waals surface area contributed by atoms with Gasteiger partial charge in [0.2, 0.25) is 11.8 Å². The Morgan fingerprint density at radius 1 is 1.38 bits per heavy atom. The van der Waals surface area contributed by atoms with E-state index in [2.05, 4.69) is 5.32 Å². The van der Waals surface area contributed by atoms with Gasteiger partial charge >= 0.3 is 6.18 Å². The zero-order valence-electron chi connectivity index (χ0n) is 14.4. The number of aliphatic hydroxyl groups is 1. The third-order valence-corrected chi connectivity index (χ3v) is 4.21. The fourth-order valence-corrected chi connectivity index (χ4v) is 2.91. The average molecular weight is 373 g/mol. The molecule has 0 unspecified atom stereocenters. The van der Waals surface area contributed by atoms with Crippen LogP contribution in [0.25, 0.3) is 0 Å². The molecule has 2 rings (SSSR count). The number of rotatable bonds is 6. The van der Waals surface area contributed by atoms with Crippen molar-refractivity contribution in [3.05, 3.63) is 24.3 Å². The molecule has 1 aliphatic rings. The summed E-state index contributed by atoms with van der Waals surface area (Å²) in [5.74, 6) is -1.53. The minimum atomic E-state index is -4.74. The highest BCUT2D eigenvalue weighted by Gasteiger charge is 2.49. The van der Waals surface area contributed by atoms with E-state index < -0.39 is 30.5 Å². The van der Waals surface area contributed by atoms with E-state index in [1.807, 2.05) is 0 Å². The van der Waals surface area contributed by atoms with E-state index in [4.69, 9.17) is 5.11 Å². The molecule has 0 radical (unpaired) electrons. The number of hydrogen-bond acceptors (Lipinski definition) is 4. The molecule has 1 aromatic rings. The van der Waals surface area contributed by atoms with Gasteiger partial charge < -0.3 is 10.4 Å². The van der Waals surface area contributed by atoms with Crippen LogP contribution in [0.4, 0.5) is 24.5 Å². The molecule has 144 valence electrons. The predicted molar refractivity (Wildman–Crippen MR) is 90.8 cm³/mol. The molecule has 0 aromatic heterocycles. The minimum absolute atomic E-state index is 0.0314. The number of likely N-dealkylation sites (N-methyl/N-ethyl adjacent to an activating group) is 1. The first-order chi connectivity index (χ1) is 12.3. The molecule has 0 saturated heterocycles. The van der Waals surface area contributed by atoms with Crippen LogP contribution in [0, 0.1) is 0 Å². The van der Waals surface area contributed by atoms with Crippen molar-refractivity contribution in [3.8, 4) is 0 Å². The number of carbonyl (C=O) groups is 2. The molecule has 1 aliphatic heterocycles. The second kappa shape index (κ2) is 8.50. The maximum absolute atomic E-state index is 13.6. The summed E-state index contributed by atoms with van der Waals surface area (Å²) >= 11 is 0. The van der Waals surface area contributed by atoms with Crippen LogP contribution in [-0.4, -0.2) is 60.3 Å². The number of fused-ring (bicyclic) bond motifs is 1. The number of anilines is 2. The molecule has 2 amide bonds. The van der Waals surface area contributed by atoms with Crippen molar-refractivity contribution < 1.29 is 27.9 Å². The van der Waals surface area contributed by atoms with Crippen molar-refractivity contribution in [2.75, 3.05) is 36.5 Å². The lowest BCUT2D eigenvalue weighted by Crippen LogP contribution is -2.52. The molecule has 0 saturated carbocycles. The van der Waals surface area contributed by atoms with E-state index >= 15 is 0 Å². The molecule has 1 aromatic carbocycles. The Bertz CT molecular complexity index is 652. The van der Waals surface area contributed by atoms with Gasteiger partial charge in [0.1, 0.15) is 6.04 Å². The number of carbonyl (C=O) groups excluding carboxylic acids is 2. The molecular formula is C17H22F3N3O3. The van der Waals surface area contributed by atoms with Crippen LogP contribution < -0.4 is 10.2 Å². The van der Waals surface area contributed by atoms with E-state index in [0.717, 1.165) is 0 Å². The Hall–Kier alpha value is -2.13. The Kier molecular flexibility index (Phi) is 6.60. The third-order valence-electron chi connectivity index (χ3n) is 4.21. The molecule has 0 bridgehead atoms. The summed E-state index contributed by atoms with van der Waals surface area (Å²) < 4.78 is 40.8. The Morgan fingerprint density at radius 2 is 2.08 bits per heavy atom. The maximum atomic E-state index is 13.6. The monoisotopic (exact) mass is 373 g/mol. The molecule has 0 aliphatic carbocycles. The smallest absolute Gasteiger partial charge is 0.396 e. The Labute approximate surface area is 149 Å². The second-order valence-corrected chi connectivity index (χ2v) is 6.04. The van der Waals surface area contributed by atoms with Gasteiger partial charge in [-0.3, -0.25) is 19.4 Å². The fraction of sp³-hybridized carbons (Fsp3) is 0.529. The van der Waals surface area contributed by atoms with Gasteiger partial charge in [0.15, 0.2) is 0 Å². The molecular weight excluding hydrogens is 351 g/mol. The van der Waals surface area contributed by atoms with Crippen LogP contribution in [-0.2, 0) is 9.59 Å². The number of aliphatic hydroxyl groups excluding tert-OH is 1. The number of nitrogens with one attached hydrogen (secondary N) is 1. The van der Waals surface area contributed by atoms with Gasteiger partial charge in [0.05, 0.1) is 24.3 Å². The number of alkyl halides is 3. The van der Waals surface area contributed by atoms with Crippen molar-refractivity contribution in [3.63, 3.8) is 0 Å². The van der Waals surface area contributed by atoms with Crippen LogP contribution in [0.2, 0.25) is 0 Å². The van der Waals surface area contributed by atoms with Crippen molar-refractivity contribution >= 4 is 23.2 Å². The number of halogens is 3. The second-order valence-electron chi connectivity index (χ2n) is 6.04. The molecule has 0 fully saturated rings. The van der Waals surface area contributed by atoms with Gasteiger partial charge in [-0.15, -0.1) is 0 Å².